The van der Waals surface area contributed by atoms with E-state index in [0.717, 1.165) is 6.54 Å². The maximum Gasteiger partial charge on any atom is 0.140 e. The van der Waals surface area contributed by atoms with Crippen molar-refractivity contribution in [3.63, 3.8) is 0 Å². The molecule has 3 N–H and O–H groups in total. The Labute approximate surface area is 115 Å². The third kappa shape index (κ3) is 4.91. The Hall–Kier alpha value is -1.55. The summed E-state index contributed by atoms with van der Waals surface area (Å²) < 4.78 is 0. The van der Waals surface area contributed by atoms with E-state index in [1.807, 2.05) is 7.05 Å². The van der Waals surface area contributed by atoms with Crippen molar-refractivity contribution in [3.8, 4) is 0 Å². The van der Waals surface area contributed by atoms with E-state index in [9.17, 15) is 0 Å². The highest BCUT2D eigenvalue weighted by molar-refractivity contribution is 5.80. The molecule has 0 radical (unpaired) electrons. The molecule has 1 aromatic carbocycles. The van der Waals surface area contributed by atoms with Gasteiger partial charge in [0.05, 0.1) is 0 Å². The molecule has 1 unspecified atom stereocenters. The van der Waals surface area contributed by atoms with Crippen molar-refractivity contribution in [2.24, 2.45) is 10.9 Å². The van der Waals surface area contributed by atoms with Crippen LogP contribution in [0.2, 0.25) is 0 Å². The predicted octanol–water partition coefficient (Wildman–Crippen LogP) is 2.77. The summed E-state index contributed by atoms with van der Waals surface area (Å²) in [6.45, 7) is 7.32. The van der Waals surface area contributed by atoms with Crippen molar-refractivity contribution in [1.29, 1.82) is 0 Å². The van der Waals surface area contributed by atoms with Crippen LogP contribution in [0.5, 0.6) is 0 Å². The third-order valence-corrected chi connectivity index (χ3v) is 3.46. The molecule has 0 fully saturated rings. The van der Waals surface area contributed by atoms with Crippen LogP contribution in [-0.2, 0) is 6.54 Å². The summed E-state index contributed by atoms with van der Waals surface area (Å²) in [4.78, 5) is 2.20. The normalized spacial score (nSPS) is 14.1. The van der Waals surface area contributed by atoms with Crippen molar-refractivity contribution in [1.82, 2.24) is 4.90 Å². The number of rotatable bonds is 6. The van der Waals surface area contributed by atoms with E-state index in [1.165, 1.54) is 11.1 Å². The molecule has 0 spiro atoms. The van der Waals surface area contributed by atoms with Crippen LogP contribution in [0.3, 0.4) is 0 Å². The van der Waals surface area contributed by atoms with Gasteiger partial charge in [-0.3, -0.25) is 4.90 Å². The van der Waals surface area contributed by atoms with Crippen molar-refractivity contribution >= 4 is 5.84 Å². The summed E-state index contributed by atoms with van der Waals surface area (Å²) in [5.74, 6) is 0.834. The van der Waals surface area contributed by atoms with E-state index in [-0.39, 0.29) is 11.9 Å². The maximum atomic E-state index is 8.58. The highest BCUT2D eigenvalue weighted by atomic mass is 16.4. The van der Waals surface area contributed by atoms with Gasteiger partial charge in [-0.1, -0.05) is 43.3 Å². The first-order chi connectivity index (χ1) is 8.93. The van der Waals surface area contributed by atoms with Gasteiger partial charge in [-0.2, -0.15) is 0 Å². The first kappa shape index (κ1) is 15.5. The van der Waals surface area contributed by atoms with Crippen LogP contribution < -0.4 is 5.73 Å². The molecule has 0 saturated carbocycles. The summed E-state index contributed by atoms with van der Waals surface area (Å²) in [7, 11) is 2.05. The molecule has 0 aromatic heterocycles. The zero-order valence-electron chi connectivity index (χ0n) is 12.3. The lowest BCUT2D eigenvalue weighted by Crippen LogP contribution is -2.32. The van der Waals surface area contributed by atoms with E-state index >= 15 is 0 Å². The third-order valence-electron chi connectivity index (χ3n) is 3.46. The van der Waals surface area contributed by atoms with Gasteiger partial charge in [0.2, 0.25) is 0 Å². The Morgan fingerprint density at radius 1 is 1.26 bits per heavy atom. The van der Waals surface area contributed by atoms with Crippen LogP contribution in [0, 0.1) is 0 Å². The number of amidine groups is 1. The summed E-state index contributed by atoms with van der Waals surface area (Å²) >= 11 is 0. The summed E-state index contributed by atoms with van der Waals surface area (Å²) in [5.41, 5.74) is 8.17. The Morgan fingerprint density at radius 2 is 1.84 bits per heavy atom. The molecule has 0 heterocycles. The van der Waals surface area contributed by atoms with Gasteiger partial charge in [0, 0.05) is 19.0 Å². The van der Waals surface area contributed by atoms with Crippen molar-refractivity contribution in [3.05, 3.63) is 35.4 Å². The van der Waals surface area contributed by atoms with Gasteiger partial charge in [-0.15, -0.1) is 0 Å². The first-order valence-electron chi connectivity index (χ1n) is 6.69. The molecule has 1 atom stereocenters. The number of benzene rings is 1. The average molecular weight is 263 g/mol. The van der Waals surface area contributed by atoms with E-state index in [0.29, 0.717) is 12.3 Å². The Balaban J connectivity index is 2.58. The van der Waals surface area contributed by atoms with Crippen LogP contribution in [0.15, 0.2) is 29.4 Å². The Kier molecular flexibility index (Phi) is 5.83. The lowest BCUT2D eigenvalue weighted by atomic mass is 10.0. The minimum atomic E-state index is 0.237. The molecule has 0 aliphatic carbocycles. The highest BCUT2D eigenvalue weighted by Crippen LogP contribution is 2.16. The number of nitrogens with zero attached hydrogens (tertiary/aromatic N) is 2. The summed E-state index contributed by atoms with van der Waals surface area (Å²) in [6.07, 6.45) is 0.567. The number of nitrogens with two attached hydrogens (primary N) is 1. The highest BCUT2D eigenvalue weighted by Gasteiger charge is 2.11. The summed E-state index contributed by atoms with van der Waals surface area (Å²) in [6, 6.07) is 8.94. The monoisotopic (exact) mass is 263 g/mol. The van der Waals surface area contributed by atoms with Crippen LogP contribution in [0.1, 0.15) is 44.2 Å². The number of oxime groups is 1. The minimum Gasteiger partial charge on any atom is -0.409 e. The second-order valence-electron chi connectivity index (χ2n) is 5.46. The molecule has 0 aliphatic rings. The van der Waals surface area contributed by atoms with Gasteiger partial charge < -0.3 is 10.9 Å². The van der Waals surface area contributed by atoms with Crippen molar-refractivity contribution < 1.29 is 5.21 Å². The van der Waals surface area contributed by atoms with Gasteiger partial charge in [0.15, 0.2) is 0 Å². The fourth-order valence-electron chi connectivity index (χ4n) is 1.95. The number of hydrogen-bond donors (Lipinski definition) is 2. The molecular formula is C15H25N3O. The van der Waals surface area contributed by atoms with Gasteiger partial charge >= 0.3 is 0 Å². The molecule has 4 nitrogen and oxygen atoms in total. The van der Waals surface area contributed by atoms with Crippen LogP contribution >= 0.6 is 0 Å². The molecule has 0 aliphatic heterocycles. The molecule has 0 amide bonds. The minimum absolute atomic E-state index is 0.237. The fraction of sp³-hybridized carbons (Fsp3) is 0.533. The predicted molar refractivity (Wildman–Crippen MR) is 79.5 cm³/mol. The van der Waals surface area contributed by atoms with Crippen LogP contribution in [0.25, 0.3) is 0 Å². The molecule has 0 saturated heterocycles. The fourth-order valence-corrected chi connectivity index (χ4v) is 1.95. The molecule has 0 bridgehead atoms. The second-order valence-corrected chi connectivity index (χ2v) is 5.46. The van der Waals surface area contributed by atoms with Crippen molar-refractivity contribution in [2.45, 2.75) is 45.7 Å². The Morgan fingerprint density at radius 3 is 2.32 bits per heavy atom. The van der Waals surface area contributed by atoms with E-state index in [4.69, 9.17) is 10.9 Å². The van der Waals surface area contributed by atoms with Crippen molar-refractivity contribution in [2.75, 3.05) is 7.05 Å². The quantitative estimate of drug-likeness (QED) is 0.359. The first-order valence-corrected chi connectivity index (χ1v) is 6.69. The molecule has 19 heavy (non-hydrogen) atoms. The van der Waals surface area contributed by atoms with Crippen LogP contribution in [0.4, 0.5) is 0 Å². The SMILES string of the molecule is CC(C)c1ccc(CN(C)C(C)CC(N)=NO)cc1. The largest absolute Gasteiger partial charge is 0.409 e. The standard InChI is InChI=1S/C15H25N3O/c1-11(2)14-7-5-13(6-8-14)10-18(4)12(3)9-15(16)17-19/h5-8,11-12,19H,9-10H2,1-4H3,(H2,16,17). The molecule has 4 heteroatoms. The van der Waals surface area contributed by atoms with E-state index in [2.05, 4.69) is 55.1 Å². The van der Waals surface area contributed by atoms with E-state index < -0.39 is 0 Å². The van der Waals surface area contributed by atoms with Gasteiger partial charge in [-0.05, 0) is 31.0 Å². The smallest absolute Gasteiger partial charge is 0.140 e. The molecule has 1 rings (SSSR count). The topological polar surface area (TPSA) is 61.8 Å². The molecule has 1 aromatic rings. The molecular weight excluding hydrogens is 238 g/mol. The molecule has 106 valence electrons. The van der Waals surface area contributed by atoms with Gasteiger partial charge in [0.1, 0.15) is 5.84 Å². The van der Waals surface area contributed by atoms with Crippen LogP contribution in [-0.4, -0.2) is 29.0 Å². The summed E-state index contributed by atoms with van der Waals surface area (Å²) in [5, 5.41) is 11.6. The maximum absolute atomic E-state index is 8.58. The second kappa shape index (κ2) is 7.14. The zero-order chi connectivity index (χ0) is 14.4. The number of hydrogen-bond acceptors (Lipinski definition) is 3. The average Bonchev–Trinajstić information content (AvgIpc) is 2.38. The van der Waals surface area contributed by atoms with E-state index in [1.54, 1.807) is 0 Å². The van der Waals surface area contributed by atoms with Gasteiger partial charge in [-0.25, -0.2) is 0 Å². The lowest BCUT2D eigenvalue weighted by molar-refractivity contribution is 0.251. The Bertz CT molecular complexity index is 412. The zero-order valence-corrected chi connectivity index (χ0v) is 12.3. The lowest BCUT2D eigenvalue weighted by Gasteiger charge is -2.24. The van der Waals surface area contributed by atoms with Gasteiger partial charge in [0.25, 0.3) is 0 Å².